The molecule has 0 aromatic heterocycles. The maximum Gasteiger partial charge on any atom is 0.222 e. The van der Waals surface area contributed by atoms with E-state index in [-0.39, 0.29) is 29.4 Å². The number of amides is 2. The Morgan fingerprint density at radius 3 is 1.82 bits per heavy atom. The number of hydrogen-bond donors (Lipinski definition) is 5. The van der Waals surface area contributed by atoms with Crippen molar-refractivity contribution in [3.05, 3.63) is 0 Å². The molecule has 0 bridgehead atoms. The Hall–Kier alpha value is -1.96. The summed E-state index contributed by atoms with van der Waals surface area (Å²) in [4.78, 5) is 48.1. The molecule has 0 spiro atoms. The fourth-order valence-electron chi connectivity index (χ4n) is 5.53. The van der Waals surface area contributed by atoms with Crippen LogP contribution < -0.4 is 10.6 Å². The van der Waals surface area contributed by atoms with Gasteiger partial charge in [-0.05, 0) is 38.5 Å². The van der Waals surface area contributed by atoms with E-state index in [2.05, 4.69) is 10.6 Å². The monoisotopic (exact) mass is 700 g/mol. The number of Topliss-reactive ketones (excluding diaryl/α,β-unsaturated/α-hetero) is 2. The van der Waals surface area contributed by atoms with Gasteiger partial charge < -0.3 is 40.2 Å². The lowest BCUT2D eigenvalue weighted by atomic mass is 9.88. The van der Waals surface area contributed by atoms with Crippen molar-refractivity contribution in [2.75, 3.05) is 39.5 Å². The first kappa shape index (κ1) is 45.1. The Morgan fingerprint density at radius 1 is 0.653 bits per heavy atom. The van der Waals surface area contributed by atoms with Gasteiger partial charge in [-0.25, -0.2) is 0 Å². The van der Waals surface area contributed by atoms with Crippen molar-refractivity contribution >= 4 is 23.4 Å². The fourth-order valence-corrected chi connectivity index (χ4v) is 5.53. The Kier molecular flexibility index (Phi) is 24.6. The summed E-state index contributed by atoms with van der Waals surface area (Å²) >= 11 is 0. The van der Waals surface area contributed by atoms with Crippen LogP contribution in [0, 0.1) is 11.3 Å². The molecule has 1 fully saturated rings. The van der Waals surface area contributed by atoms with E-state index in [1.807, 2.05) is 20.8 Å². The minimum atomic E-state index is -1.16. The minimum absolute atomic E-state index is 0.0798. The van der Waals surface area contributed by atoms with E-state index < -0.39 is 37.1 Å². The van der Waals surface area contributed by atoms with E-state index in [4.69, 9.17) is 14.2 Å². The smallest absolute Gasteiger partial charge is 0.222 e. The Labute approximate surface area is 294 Å². The molecule has 1 heterocycles. The Balaban J connectivity index is 1.87. The number of ether oxygens (including phenoxy) is 3. The van der Waals surface area contributed by atoms with Crippen molar-refractivity contribution < 1.29 is 48.7 Å². The molecule has 286 valence electrons. The average Bonchev–Trinajstić information content (AvgIpc) is 3.06. The molecule has 1 aliphatic heterocycles. The number of rotatable bonds is 29. The number of hydrogen-bond acceptors (Lipinski definition) is 10. The van der Waals surface area contributed by atoms with Crippen LogP contribution in [0.1, 0.15) is 137 Å². The summed E-state index contributed by atoms with van der Waals surface area (Å²) < 4.78 is 16.7. The third-order valence-electron chi connectivity index (χ3n) is 8.93. The number of ketones is 2. The molecule has 0 aromatic rings. The first-order chi connectivity index (χ1) is 23.4. The average molecular weight is 701 g/mol. The Morgan fingerprint density at radius 2 is 1.20 bits per heavy atom. The van der Waals surface area contributed by atoms with Gasteiger partial charge in [0.1, 0.15) is 23.8 Å². The minimum Gasteiger partial charge on any atom is -0.394 e. The molecule has 0 aliphatic carbocycles. The van der Waals surface area contributed by atoms with Gasteiger partial charge in [0.25, 0.3) is 0 Å². The third kappa shape index (κ3) is 21.8. The highest BCUT2D eigenvalue weighted by atomic mass is 16.7. The van der Waals surface area contributed by atoms with Crippen molar-refractivity contribution in [2.45, 2.75) is 161 Å². The standard InChI is InChI=1S/C37H68N2O10/c1-28-34(45)35(46)30(27-40)49-36(28)48-25-14-13-20-32(43)38-22-16-23-39-33(44)21-26-47-24-15-18-29(41)17-11-9-7-5-6-8-10-12-19-31(42)37(2,3)4/h28,30,34-36,40,45-46H,5-27H2,1-4H3,(H,38,43)(H,39,44)/t28-,30-,34-,35+,36-/m1/s1. The summed E-state index contributed by atoms with van der Waals surface area (Å²) in [6, 6.07) is 0. The molecule has 12 nitrogen and oxygen atoms in total. The van der Waals surface area contributed by atoms with Crippen LogP contribution in [0.25, 0.3) is 0 Å². The number of nitrogens with one attached hydrogen (secondary N) is 2. The molecule has 0 aromatic carbocycles. The van der Waals surface area contributed by atoms with Gasteiger partial charge in [0.2, 0.25) is 11.8 Å². The summed E-state index contributed by atoms with van der Waals surface area (Å²) in [6.45, 7) is 9.23. The maximum atomic E-state index is 12.1. The number of carbonyl (C=O) groups is 4. The normalized spacial score (nSPS) is 21.0. The molecule has 2 amide bonds. The van der Waals surface area contributed by atoms with E-state index in [1.54, 1.807) is 6.92 Å². The summed E-state index contributed by atoms with van der Waals surface area (Å²) in [5.74, 6) is -0.0174. The van der Waals surface area contributed by atoms with Crippen molar-refractivity contribution in [3.8, 4) is 0 Å². The summed E-state index contributed by atoms with van der Waals surface area (Å²) in [7, 11) is 0. The van der Waals surface area contributed by atoms with Crippen molar-refractivity contribution in [1.82, 2.24) is 10.6 Å². The van der Waals surface area contributed by atoms with Crippen LogP contribution in [0.5, 0.6) is 0 Å². The highest BCUT2D eigenvalue weighted by Gasteiger charge is 2.42. The van der Waals surface area contributed by atoms with Crippen LogP contribution in [0.4, 0.5) is 0 Å². The van der Waals surface area contributed by atoms with E-state index in [0.717, 1.165) is 32.1 Å². The quantitative estimate of drug-likeness (QED) is 0.0712. The lowest BCUT2D eigenvalue weighted by molar-refractivity contribution is -0.282. The highest BCUT2D eigenvalue weighted by molar-refractivity contribution is 5.83. The van der Waals surface area contributed by atoms with Crippen LogP contribution in [-0.2, 0) is 33.4 Å². The van der Waals surface area contributed by atoms with E-state index >= 15 is 0 Å². The van der Waals surface area contributed by atoms with Crippen LogP contribution in [-0.4, -0.2) is 103 Å². The van der Waals surface area contributed by atoms with Gasteiger partial charge in [-0.2, -0.15) is 0 Å². The lowest BCUT2D eigenvalue weighted by Gasteiger charge is -2.40. The number of aliphatic hydroxyl groups is 3. The molecule has 0 saturated carbocycles. The van der Waals surface area contributed by atoms with E-state index in [0.29, 0.717) is 90.1 Å². The number of aliphatic hydroxyl groups excluding tert-OH is 3. The van der Waals surface area contributed by atoms with Crippen LogP contribution >= 0.6 is 0 Å². The van der Waals surface area contributed by atoms with Crippen LogP contribution in [0.2, 0.25) is 0 Å². The van der Waals surface area contributed by atoms with Crippen molar-refractivity contribution in [1.29, 1.82) is 0 Å². The second-order valence-corrected chi connectivity index (χ2v) is 14.5. The van der Waals surface area contributed by atoms with Crippen LogP contribution in [0.15, 0.2) is 0 Å². The maximum absolute atomic E-state index is 12.1. The molecule has 49 heavy (non-hydrogen) atoms. The van der Waals surface area contributed by atoms with Gasteiger partial charge in [0, 0.05) is 69.7 Å². The number of carbonyl (C=O) groups excluding carboxylic acids is 4. The van der Waals surface area contributed by atoms with E-state index in [1.165, 1.54) is 19.3 Å². The lowest BCUT2D eigenvalue weighted by Crippen LogP contribution is -2.55. The predicted molar refractivity (Wildman–Crippen MR) is 188 cm³/mol. The van der Waals surface area contributed by atoms with Gasteiger partial charge in [0.05, 0.1) is 19.3 Å². The second-order valence-electron chi connectivity index (χ2n) is 14.5. The topological polar surface area (TPSA) is 181 Å². The molecule has 1 saturated heterocycles. The van der Waals surface area contributed by atoms with Gasteiger partial charge in [0.15, 0.2) is 6.29 Å². The molecule has 5 atom stereocenters. The van der Waals surface area contributed by atoms with Gasteiger partial charge in [-0.15, -0.1) is 0 Å². The zero-order valence-electron chi connectivity index (χ0n) is 30.8. The molecule has 1 rings (SSSR count). The Bertz CT molecular complexity index is 923. The molecule has 0 radical (unpaired) electrons. The SMILES string of the molecule is C[C@H]1[C@H](OCCCCC(=O)NCCCNC(=O)CCOCCCC(=O)CCCCCCCCCCC(=O)C(C)(C)C)O[C@H](CO)[C@H](O)[C@@H]1O. The molecular weight excluding hydrogens is 632 g/mol. The summed E-state index contributed by atoms with van der Waals surface area (Å²) in [6.07, 6.45) is 9.89. The summed E-state index contributed by atoms with van der Waals surface area (Å²) in [5.41, 5.74) is -0.226. The molecule has 12 heteroatoms. The van der Waals surface area contributed by atoms with Crippen LogP contribution in [0.3, 0.4) is 0 Å². The molecule has 0 unspecified atom stereocenters. The largest absolute Gasteiger partial charge is 0.394 e. The zero-order chi connectivity index (χ0) is 36.5. The zero-order valence-corrected chi connectivity index (χ0v) is 30.8. The molecular formula is C37H68N2O10. The third-order valence-corrected chi connectivity index (χ3v) is 8.93. The van der Waals surface area contributed by atoms with Crippen molar-refractivity contribution in [2.24, 2.45) is 11.3 Å². The predicted octanol–water partition coefficient (Wildman–Crippen LogP) is 4.14. The first-order valence-electron chi connectivity index (χ1n) is 18.8. The molecule has 5 N–H and O–H groups in total. The summed E-state index contributed by atoms with van der Waals surface area (Å²) in [5, 5.41) is 34.9. The fraction of sp³-hybridized carbons (Fsp3) is 0.892. The number of unbranched alkanes of at least 4 members (excludes halogenated alkanes) is 8. The highest BCUT2D eigenvalue weighted by Crippen LogP contribution is 2.27. The van der Waals surface area contributed by atoms with Crippen molar-refractivity contribution in [3.63, 3.8) is 0 Å². The first-order valence-corrected chi connectivity index (χ1v) is 18.8. The second kappa shape index (κ2) is 26.8. The molecule has 1 aliphatic rings. The van der Waals surface area contributed by atoms with E-state index in [9.17, 15) is 34.5 Å². The van der Waals surface area contributed by atoms with Gasteiger partial charge >= 0.3 is 0 Å². The van der Waals surface area contributed by atoms with Gasteiger partial charge in [-0.3, -0.25) is 19.2 Å². The van der Waals surface area contributed by atoms with Gasteiger partial charge in [-0.1, -0.05) is 66.2 Å².